The van der Waals surface area contributed by atoms with E-state index in [0.717, 1.165) is 25.0 Å². The molecule has 0 spiro atoms. The Bertz CT molecular complexity index is 508. The summed E-state index contributed by atoms with van der Waals surface area (Å²) in [4.78, 5) is 11.7. The minimum Gasteiger partial charge on any atom is -0.504 e. The van der Waals surface area contributed by atoms with E-state index in [4.69, 9.17) is 4.74 Å². The molecule has 5 nitrogen and oxygen atoms in total. The molecule has 0 atom stereocenters. The number of hydrogen-bond acceptors (Lipinski definition) is 5. The number of hydrogen-bond donors (Lipinski definition) is 3. The third-order valence-corrected chi connectivity index (χ3v) is 2.66. The Balaban J connectivity index is 2.39. The average molecular weight is 292 g/mol. The first-order chi connectivity index (χ1) is 10.1. The van der Waals surface area contributed by atoms with Crippen molar-refractivity contribution in [1.29, 1.82) is 0 Å². The molecule has 0 bridgehead atoms. The average Bonchev–Trinajstić information content (AvgIpc) is 2.46. The Morgan fingerprint density at radius 2 is 1.71 bits per heavy atom. The molecule has 0 saturated carbocycles. The van der Waals surface area contributed by atoms with Gasteiger partial charge in [-0.05, 0) is 31.4 Å². The van der Waals surface area contributed by atoms with Crippen molar-refractivity contribution in [3.05, 3.63) is 42.0 Å². The van der Waals surface area contributed by atoms with Crippen LogP contribution in [0.5, 0.6) is 17.2 Å². The van der Waals surface area contributed by atoms with Crippen molar-refractivity contribution in [3.8, 4) is 17.2 Å². The summed E-state index contributed by atoms with van der Waals surface area (Å²) in [6.07, 6.45) is 10.5. The molecule has 0 unspecified atom stereocenters. The van der Waals surface area contributed by atoms with Crippen LogP contribution in [0.1, 0.15) is 36.5 Å². The highest BCUT2D eigenvalue weighted by atomic mass is 16.5. The number of carbonyl (C=O) groups excluding carboxylic acids is 1. The predicted molar refractivity (Wildman–Crippen MR) is 79.5 cm³/mol. The van der Waals surface area contributed by atoms with E-state index in [0.29, 0.717) is 6.42 Å². The molecule has 1 rings (SSSR count). The largest absolute Gasteiger partial charge is 0.504 e. The van der Waals surface area contributed by atoms with Gasteiger partial charge in [0.2, 0.25) is 0 Å². The fourth-order valence-corrected chi connectivity index (χ4v) is 1.58. The highest BCUT2D eigenvalue weighted by Crippen LogP contribution is 2.35. The van der Waals surface area contributed by atoms with Gasteiger partial charge in [-0.1, -0.05) is 31.2 Å². The van der Waals surface area contributed by atoms with Gasteiger partial charge in [-0.3, -0.25) is 0 Å². The highest BCUT2D eigenvalue weighted by Gasteiger charge is 2.14. The third-order valence-electron chi connectivity index (χ3n) is 2.66. The van der Waals surface area contributed by atoms with Crippen LogP contribution in [0.2, 0.25) is 0 Å². The fourth-order valence-electron chi connectivity index (χ4n) is 1.58. The molecule has 0 aliphatic heterocycles. The lowest BCUT2D eigenvalue weighted by molar-refractivity contribution is 0.0510. The van der Waals surface area contributed by atoms with E-state index in [9.17, 15) is 20.1 Å². The van der Waals surface area contributed by atoms with Crippen LogP contribution < -0.4 is 0 Å². The van der Waals surface area contributed by atoms with Gasteiger partial charge in [0.05, 0.1) is 12.2 Å². The molecule has 1 aromatic carbocycles. The van der Waals surface area contributed by atoms with Crippen LogP contribution in [0, 0.1) is 0 Å². The van der Waals surface area contributed by atoms with Crippen LogP contribution in [-0.2, 0) is 4.74 Å². The summed E-state index contributed by atoms with van der Waals surface area (Å²) >= 11 is 0. The molecule has 0 aromatic heterocycles. The van der Waals surface area contributed by atoms with E-state index >= 15 is 0 Å². The maximum Gasteiger partial charge on any atom is 0.338 e. The number of benzene rings is 1. The number of phenols is 3. The molecule has 0 aliphatic carbocycles. The Morgan fingerprint density at radius 3 is 2.33 bits per heavy atom. The van der Waals surface area contributed by atoms with E-state index in [2.05, 4.69) is 19.1 Å². The molecule has 0 radical (unpaired) electrons. The van der Waals surface area contributed by atoms with Gasteiger partial charge in [0.1, 0.15) is 0 Å². The number of phenolic OH excluding ortho intramolecular Hbond substituents is 3. The lowest BCUT2D eigenvalue weighted by Crippen LogP contribution is -2.05. The monoisotopic (exact) mass is 292 g/mol. The SMILES string of the molecule is CCC=CCC=CCCOC(=O)c1cc(O)c(O)c(O)c1. The molecule has 3 N–H and O–H groups in total. The topological polar surface area (TPSA) is 87.0 Å². The highest BCUT2D eigenvalue weighted by molar-refractivity contribution is 5.91. The predicted octanol–water partition coefficient (Wildman–Crippen LogP) is 3.26. The van der Waals surface area contributed by atoms with E-state index in [1.165, 1.54) is 0 Å². The quantitative estimate of drug-likeness (QED) is 0.311. The van der Waals surface area contributed by atoms with E-state index in [1.54, 1.807) is 0 Å². The Kier molecular flexibility index (Phi) is 6.87. The summed E-state index contributed by atoms with van der Waals surface area (Å²) in [5.41, 5.74) is -0.0161. The van der Waals surface area contributed by atoms with Crippen LogP contribution in [-0.4, -0.2) is 27.9 Å². The molecular formula is C16H20O5. The van der Waals surface area contributed by atoms with Gasteiger partial charge in [0.15, 0.2) is 17.2 Å². The summed E-state index contributed by atoms with van der Waals surface area (Å²) in [5.74, 6) is -2.45. The molecular weight excluding hydrogens is 272 g/mol. The van der Waals surface area contributed by atoms with Crippen molar-refractivity contribution >= 4 is 5.97 Å². The molecule has 5 heteroatoms. The van der Waals surface area contributed by atoms with Crippen molar-refractivity contribution in [2.45, 2.75) is 26.2 Å². The molecule has 0 heterocycles. The summed E-state index contributed by atoms with van der Waals surface area (Å²) in [6, 6.07) is 2.09. The first-order valence-corrected chi connectivity index (χ1v) is 6.78. The van der Waals surface area contributed by atoms with Gasteiger partial charge in [0.25, 0.3) is 0 Å². The van der Waals surface area contributed by atoms with Gasteiger partial charge in [-0.2, -0.15) is 0 Å². The smallest absolute Gasteiger partial charge is 0.338 e. The normalized spacial score (nSPS) is 11.3. The second-order valence-electron chi connectivity index (χ2n) is 4.37. The second kappa shape index (κ2) is 8.68. The number of rotatable bonds is 7. The summed E-state index contributed by atoms with van der Waals surface area (Å²) in [6.45, 7) is 2.27. The maximum absolute atomic E-state index is 11.7. The van der Waals surface area contributed by atoms with E-state index < -0.39 is 23.2 Å². The summed E-state index contributed by atoms with van der Waals surface area (Å²) in [7, 11) is 0. The lowest BCUT2D eigenvalue weighted by Gasteiger charge is -2.06. The van der Waals surface area contributed by atoms with Gasteiger partial charge < -0.3 is 20.1 Å². The van der Waals surface area contributed by atoms with Crippen molar-refractivity contribution in [2.75, 3.05) is 6.61 Å². The van der Waals surface area contributed by atoms with Crippen LogP contribution in [0.25, 0.3) is 0 Å². The van der Waals surface area contributed by atoms with E-state index in [1.807, 2.05) is 12.2 Å². The molecule has 1 aromatic rings. The zero-order valence-electron chi connectivity index (χ0n) is 12.0. The van der Waals surface area contributed by atoms with Gasteiger partial charge in [0, 0.05) is 0 Å². The first-order valence-electron chi connectivity index (χ1n) is 6.78. The number of esters is 1. The number of allylic oxidation sites excluding steroid dienone is 3. The van der Waals surface area contributed by atoms with Crippen molar-refractivity contribution in [2.24, 2.45) is 0 Å². The van der Waals surface area contributed by atoms with Gasteiger partial charge >= 0.3 is 5.97 Å². The summed E-state index contributed by atoms with van der Waals surface area (Å²) < 4.78 is 4.99. The molecule has 0 amide bonds. The fraction of sp³-hybridized carbons (Fsp3) is 0.312. The number of ether oxygens (including phenoxy) is 1. The minimum absolute atomic E-state index is 0.0161. The third kappa shape index (κ3) is 5.60. The maximum atomic E-state index is 11.7. The Morgan fingerprint density at radius 1 is 1.10 bits per heavy atom. The van der Waals surface area contributed by atoms with Crippen LogP contribution in [0.4, 0.5) is 0 Å². The molecule has 0 fully saturated rings. The Hall–Kier alpha value is -2.43. The Labute approximate surface area is 123 Å². The van der Waals surface area contributed by atoms with Crippen molar-refractivity contribution < 1.29 is 24.9 Å². The zero-order chi connectivity index (χ0) is 15.7. The zero-order valence-corrected chi connectivity index (χ0v) is 12.0. The van der Waals surface area contributed by atoms with Crippen molar-refractivity contribution in [3.63, 3.8) is 0 Å². The lowest BCUT2D eigenvalue weighted by atomic mass is 10.2. The molecule has 114 valence electrons. The van der Waals surface area contributed by atoms with Crippen LogP contribution in [0.3, 0.4) is 0 Å². The first kappa shape index (κ1) is 16.6. The second-order valence-corrected chi connectivity index (χ2v) is 4.37. The van der Waals surface area contributed by atoms with Crippen LogP contribution >= 0.6 is 0 Å². The van der Waals surface area contributed by atoms with Gasteiger partial charge in [-0.25, -0.2) is 4.79 Å². The molecule has 0 saturated heterocycles. The minimum atomic E-state index is -0.667. The van der Waals surface area contributed by atoms with Crippen LogP contribution in [0.15, 0.2) is 36.4 Å². The van der Waals surface area contributed by atoms with Crippen molar-refractivity contribution in [1.82, 2.24) is 0 Å². The van der Waals surface area contributed by atoms with Gasteiger partial charge in [-0.15, -0.1) is 0 Å². The number of aromatic hydroxyl groups is 3. The van der Waals surface area contributed by atoms with E-state index in [-0.39, 0.29) is 12.2 Å². The number of carbonyl (C=O) groups is 1. The standard InChI is InChI=1S/C16H20O5/c1-2-3-4-5-6-7-8-9-21-16(20)12-10-13(17)15(19)14(18)11-12/h3-4,6-7,10-11,17-19H,2,5,8-9H2,1H3. The molecule has 21 heavy (non-hydrogen) atoms. The summed E-state index contributed by atoms with van der Waals surface area (Å²) in [5, 5.41) is 27.8. The molecule has 0 aliphatic rings.